The van der Waals surface area contributed by atoms with Crippen molar-refractivity contribution in [1.82, 2.24) is 4.90 Å². The van der Waals surface area contributed by atoms with Crippen LogP contribution in [-0.4, -0.2) is 24.0 Å². The van der Waals surface area contributed by atoms with E-state index in [-0.39, 0.29) is 0 Å². The van der Waals surface area contributed by atoms with Crippen molar-refractivity contribution in [2.24, 2.45) is 0 Å². The lowest BCUT2D eigenvalue weighted by atomic mass is 9.96. The summed E-state index contributed by atoms with van der Waals surface area (Å²) in [5, 5.41) is 0. The third kappa shape index (κ3) is 3.48. The molecule has 1 aromatic rings. The van der Waals surface area contributed by atoms with Crippen LogP contribution in [-0.2, 0) is 0 Å². The molecule has 15 heavy (non-hydrogen) atoms. The van der Waals surface area contributed by atoms with E-state index in [4.69, 9.17) is 12.2 Å². The molecule has 1 atom stereocenters. The zero-order valence-corrected chi connectivity index (χ0v) is 10.1. The molecule has 0 bridgehead atoms. The molecule has 0 unspecified atom stereocenters. The first-order valence-corrected chi connectivity index (χ1v) is 5.43. The van der Waals surface area contributed by atoms with Crippen LogP contribution in [0.2, 0.25) is 0 Å². The van der Waals surface area contributed by atoms with E-state index >= 15 is 0 Å². The lowest BCUT2D eigenvalue weighted by Crippen LogP contribution is -2.21. The highest BCUT2D eigenvalue weighted by molar-refractivity contribution is 7.80. The summed E-state index contributed by atoms with van der Waals surface area (Å²) in [6.07, 6.45) is 2.82. The predicted octanol–water partition coefficient (Wildman–Crippen LogP) is 3.24. The van der Waals surface area contributed by atoms with Gasteiger partial charge in [-0.3, -0.25) is 0 Å². The zero-order chi connectivity index (χ0) is 11.3. The summed E-state index contributed by atoms with van der Waals surface area (Å²) in [6, 6.07) is 10.3. The summed E-state index contributed by atoms with van der Waals surface area (Å²) in [4.78, 5) is 2.94. The summed E-state index contributed by atoms with van der Waals surface area (Å²) in [7, 11) is 3.96. The molecule has 1 nitrogen and oxygen atoms in total. The zero-order valence-electron chi connectivity index (χ0n) is 9.31. The molecular weight excluding hydrogens is 202 g/mol. The molecule has 0 spiro atoms. The van der Waals surface area contributed by atoms with Crippen LogP contribution in [0.15, 0.2) is 43.0 Å². The topological polar surface area (TPSA) is 3.24 Å². The summed E-state index contributed by atoms with van der Waals surface area (Å²) in [6.45, 7) is 3.87. The molecule has 0 heterocycles. The third-order valence-corrected chi connectivity index (χ3v) is 2.94. The molecule has 0 N–H and O–H groups in total. The maximum Gasteiger partial charge on any atom is 0.0783 e. The van der Waals surface area contributed by atoms with Gasteiger partial charge in [0.25, 0.3) is 0 Å². The van der Waals surface area contributed by atoms with Gasteiger partial charge in [-0.25, -0.2) is 0 Å². The minimum absolute atomic E-state index is 0.320. The van der Waals surface area contributed by atoms with Crippen LogP contribution >= 0.6 is 12.2 Å². The fourth-order valence-corrected chi connectivity index (χ4v) is 1.59. The fourth-order valence-electron chi connectivity index (χ4n) is 1.41. The van der Waals surface area contributed by atoms with Crippen molar-refractivity contribution in [1.29, 1.82) is 0 Å². The van der Waals surface area contributed by atoms with Gasteiger partial charge in [-0.1, -0.05) is 48.6 Å². The molecule has 0 aromatic heterocycles. The van der Waals surface area contributed by atoms with Gasteiger partial charge in [-0.15, -0.1) is 6.58 Å². The summed E-state index contributed by atoms with van der Waals surface area (Å²) < 4.78 is 0. The Hall–Kier alpha value is -1.15. The number of hydrogen-bond donors (Lipinski definition) is 0. The lowest BCUT2D eigenvalue weighted by molar-refractivity contribution is 0.610. The molecule has 2 heteroatoms. The Labute approximate surface area is 97.4 Å². The third-order valence-electron chi connectivity index (χ3n) is 2.41. The van der Waals surface area contributed by atoms with Crippen LogP contribution < -0.4 is 0 Å². The second-order valence-electron chi connectivity index (χ2n) is 3.75. The smallest absolute Gasteiger partial charge is 0.0783 e. The van der Waals surface area contributed by atoms with Gasteiger partial charge in [0.2, 0.25) is 0 Å². The maximum atomic E-state index is 5.30. The van der Waals surface area contributed by atoms with Crippen LogP contribution in [0.3, 0.4) is 0 Å². The van der Waals surface area contributed by atoms with Crippen LogP contribution in [0.1, 0.15) is 17.9 Å². The monoisotopic (exact) mass is 219 g/mol. The molecule has 0 saturated heterocycles. The van der Waals surface area contributed by atoms with E-state index in [0.29, 0.717) is 5.92 Å². The number of allylic oxidation sites excluding steroid dienone is 1. The second-order valence-corrected chi connectivity index (χ2v) is 4.22. The van der Waals surface area contributed by atoms with Crippen LogP contribution in [0.5, 0.6) is 0 Å². The van der Waals surface area contributed by atoms with Gasteiger partial charge >= 0.3 is 0 Å². The first kappa shape index (κ1) is 11.9. The predicted molar refractivity (Wildman–Crippen MR) is 70.3 cm³/mol. The fraction of sp³-hybridized carbons (Fsp3) is 0.308. The van der Waals surface area contributed by atoms with Crippen LogP contribution in [0, 0.1) is 0 Å². The Morgan fingerprint density at radius 2 is 2.00 bits per heavy atom. The Bertz CT molecular complexity index is 330. The van der Waals surface area contributed by atoms with E-state index in [1.165, 1.54) is 5.56 Å². The Kier molecular flexibility index (Phi) is 4.50. The van der Waals surface area contributed by atoms with Gasteiger partial charge in [0.1, 0.15) is 0 Å². The number of thiocarbonyl (C=S) groups is 1. The molecule has 80 valence electrons. The average Bonchev–Trinajstić information content (AvgIpc) is 2.26. The number of hydrogen-bond acceptors (Lipinski definition) is 1. The van der Waals surface area contributed by atoms with Gasteiger partial charge in [0.15, 0.2) is 0 Å². The van der Waals surface area contributed by atoms with E-state index in [2.05, 4.69) is 18.7 Å². The highest BCUT2D eigenvalue weighted by atomic mass is 32.1. The molecule has 0 aliphatic carbocycles. The highest BCUT2D eigenvalue weighted by Gasteiger charge is 2.10. The van der Waals surface area contributed by atoms with Gasteiger partial charge in [-0.2, -0.15) is 0 Å². The van der Waals surface area contributed by atoms with Crippen molar-refractivity contribution in [2.45, 2.75) is 12.3 Å². The maximum absolute atomic E-state index is 5.30. The van der Waals surface area contributed by atoms with Gasteiger partial charge in [0, 0.05) is 26.4 Å². The highest BCUT2D eigenvalue weighted by Crippen LogP contribution is 2.21. The normalized spacial score (nSPS) is 11.9. The minimum Gasteiger partial charge on any atom is -0.372 e. The first-order chi connectivity index (χ1) is 7.15. The molecule has 0 aliphatic rings. The van der Waals surface area contributed by atoms with E-state index in [1.54, 1.807) is 0 Å². The second kappa shape index (κ2) is 5.66. The standard InChI is InChI=1S/C13H17NS/c1-4-11(10-13(15)14(2)3)12-8-6-5-7-9-12/h4-9,11H,1,10H2,2-3H3/t11-/m1/s1. The van der Waals surface area contributed by atoms with Crippen molar-refractivity contribution < 1.29 is 0 Å². The summed E-state index contributed by atoms with van der Waals surface area (Å²) in [5.41, 5.74) is 1.27. The van der Waals surface area contributed by atoms with Crippen molar-refractivity contribution >= 4 is 17.2 Å². The lowest BCUT2D eigenvalue weighted by Gasteiger charge is -2.18. The Morgan fingerprint density at radius 1 is 1.40 bits per heavy atom. The number of nitrogens with zero attached hydrogens (tertiary/aromatic N) is 1. The molecule has 0 radical (unpaired) electrons. The van der Waals surface area contributed by atoms with E-state index < -0.39 is 0 Å². The van der Waals surface area contributed by atoms with Crippen molar-refractivity contribution in [3.8, 4) is 0 Å². The Balaban J connectivity index is 2.73. The van der Waals surface area contributed by atoms with Gasteiger partial charge in [0.05, 0.1) is 4.99 Å². The SMILES string of the molecule is C=C[C@H](CC(=S)N(C)C)c1ccccc1. The average molecular weight is 219 g/mol. The number of rotatable bonds is 4. The largest absolute Gasteiger partial charge is 0.372 e. The van der Waals surface area contributed by atoms with Crippen LogP contribution in [0.4, 0.5) is 0 Å². The van der Waals surface area contributed by atoms with Crippen molar-refractivity contribution in [3.63, 3.8) is 0 Å². The quantitative estimate of drug-likeness (QED) is 0.565. The van der Waals surface area contributed by atoms with Gasteiger partial charge < -0.3 is 4.90 Å². The van der Waals surface area contributed by atoms with Crippen LogP contribution in [0.25, 0.3) is 0 Å². The molecule has 0 amide bonds. The minimum atomic E-state index is 0.320. The summed E-state index contributed by atoms with van der Waals surface area (Å²) >= 11 is 5.30. The van der Waals surface area contributed by atoms with Crippen molar-refractivity contribution in [2.75, 3.05) is 14.1 Å². The molecule has 0 fully saturated rings. The molecule has 0 saturated carbocycles. The van der Waals surface area contributed by atoms with E-state index in [0.717, 1.165) is 11.4 Å². The number of benzene rings is 1. The molecule has 1 rings (SSSR count). The van der Waals surface area contributed by atoms with Gasteiger partial charge in [-0.05, 0) is 5.56 Å². The summed E-state index contributed by atoms with van der Waals surface area (Å²) in [5.74, 6) is 0.320. The van der Waals surface area contributed by atoms with E-state index in [9.17, 15) is 0 Å². The van der Waals surface area contributed by atoms with E-state index in [1.807, 2.05) is 43.3 Å². The molecule has 0 aliphatic heterocycles. The molecule has 1 aromatic carbocycles. The Morgan fingerprint density at radius 3 is 2.47 bits per heavy atom. The molecular formula is C13H17NS. The van der Waals surface area contributed by atoms with Crippen molar-refractivity contribution in [3.05, 3.63) is 48.6 Å². The first-order valence-electron chi connectivity index (χ1n) is 5.02.